The molecule has 2 aromatic heterocycles. The number of hydrogen-bond acceptors (Lipinski definition) is 16. The fraction of sp³-hybridized carbons (Fsp3) is 0.625. The van der Waals surface area contributed by atoms with Crippen LogP contribution in [0.15, 0.2) is 18.9 Å². The minimum Gasteiger partial charge on any atom is -0.387 e. The summed E-state index contributed by atoms with van der Waals surface area (Å²) >= 11 is 4.74. The largest absolute Gasteiger partial charge is 0.490 e. The average Bonchev–Trinajstić information content (AvgIpc) is 3.38. The predicted molar refractivity (Wildman–Crippen MR) is 139 cm³/mol. The van der Waals surface area contributed by atoms with Crippen LogP contribution in [0.4, 0.5) is 0 Å². The third kappa shape index (κ3) is 10.3. The first-order chi connectivity index (χ1) is 19.4. The molecular formula is C16H26N4O17P4S. The van der Waals surface area contributed by atoms with Gasteiger partial charge < -0.3 is 44.2 Å². The highest BCUT2D eigenvalue weighted by Crippen LogP contribution is 2.71. The van der Waals surface area contributed by atoms with Crippen LogP contribution in [0.25, 0.3) is 11.2 Å². The fourth-order valence-electron chi connectivity index (χ4n) is 3.58. The Morgan fingerprint density at radius 3 is 2.29 bits per heavy atom. The maximum atomic E-state index is 12.6. The van der Waals surface area contributed by atoms with Crippen LogP contribution in [0, 0.1) is 0 Å². The second-order valence-electron chi connectivity index (χ2n) is 8.36. The van der Waals surface area contributed by atoms with Crippen molar-refractivity contribution in [1.29, 1.82) is 0 Å². The molecule has 1 fully saturated rings. The molecule has 3 heterocycles. The highest BCUT2D eigenvalue weighted by atomic mass is 32.1. The molecule has 0 aliphatic carbocycles. The Morgan fingerprint density at radius 2 is 1.62 bits per heavy atom. The van der Waals surface area contributed by atoms with Gasteiger partial charge in [0, 0.05) is 6.61 Å². The van der Waals surface area contributed by atoms with E-state index in [0.29, 0.717) is 31.2 Å². The monoisotopic (exact) mass is 702 g/mol. The molecule has 0 radical (unpaired) electrons. The number of rotatable bonds is 17. The van der Waals surface area contributed by atoms with Gasteiger partial charge in [-0.15, -0.1) is 0 Å². The highest BCUT2D eigenvalue weighted by molar-refractivity contribution is 7.79. The minimum absolute atomic E-state index is 0.180. The first-order valence-electron chi connectivity index (χ1n) is 11.5. The summed E-state index contributed by atoms with van der Waals surface area (Å²) < 4.78 is 75.0. The van der Waals surface area contributed by atoms with Crippen LogP contribution in [0.5, 0.6) is 0 Å². The van der Waals surface area contributed by atoms with Crippen molar-refractivity contribution >= 4 is 60.0 Å². The van der Waals surface area contributed by atoms with Crippen LogP contribution in [-0.4, -0.2) is 90.8 Å². The molecule has 0 bridgehead atoms. The van der Waals surface area contributed by atoms with Gasteiger partial charge in [0.05, 0.1) is 12.5 Å². The van der Waals surface area contributed by atoms with Crippen molar-refractivity contribution in [3.8, 4) is 0 Å². The maximum absolute atomic E-state index is 12.6. The summed E-state index contributed by atoms with van der Waals surface area (Å²) in [4.78, 5) is 58.1. The number of fused-ring (bicyclic) bond motifs is 1. The molecule has 1 saturated heterocycles. The SMILES string of the molecule is O=P(O)(O)OP(=O)(O)OP(=O)(O)OP(=O)(O)OC(OCCCCCC=S)[C@H]1O[C@@H](n2cnc3cncnc32)[C@H](O)[C@@H]1O. The number of phosphoric ester groups is 1. The van der Waals surface area contributed by atoms with Gasteiger partial charge in [0.1, 0.15) is 30.2 Å². The summed E-state index contributed by atoms with van der Waals surface area (Å²) in [5.41, 5.74) is 0.474. The van der Waals surface area contributed by atoms with E-state index in [-0.39, 0.29) is 12.3 Å². The standard InChI is InChI=1S/C16H26N4O17P4S/c21-11-12(22)15(20-9-19-10-7-17-8-18-14(10)20)33-13(11)16(32-5-3-1-2-4-6-42)34-39(26,27)36-41(30,31)37-40(28,29)35-38(23,24)25/h6-9,11-13,15-16,21-22H,1-5H2,(H,26,27)(H,28,29)(H,30,31)(H2,23,24,25)/t11-,12+,13-,15+,16?/m0/s1. The number of phosphoric acid groups is 4. The first-order valence-corrected chi connectivity index (χ1v) is 18.0. The van der Waals surface area contributed by atoms with Crippen molar-refractivity contribution in [2.24, 2.45) is 0 Å². The van der Waals surface area contributed by atoms with Gasteiger partial charge in [-0.1, -0.05) is 18.6 Å². The molecule has 1 aliphatic rings. The Kier molecular flexibility index (Phi) is 12.2. The van der Waals surface area contributed by atoms with Gasteiger partial charge in [0.2, 0.25) is 0 Å². The van der Waals surface area contributed by atoms with Crippen LogP contribution in [0.2, 0.25) is 0 Å². The summed E-state index contributed by atoms with van der Waals surface area (Å²) in [5, 5.41) is 22.9. The van der Waals surface area contributed by atoms with Gasteiger partial charge in [-0.3, -0.25) is 9.09 Å². The van der Waals surface area contributed by atoms with Gasteiger partial charge in [-0.2, -0.15) is 12.9 Å². The van der Waals surface area contributed by atoms with E-state index in [2.05, 4.69) is 27.9 Å². The second-order valence-corrected chi connectivity index (χ2v) is 14.7. The molecule has 238 valence electrons. The van der Waals surface area contributed by atoms with Crippen LogP contribution < -0.4 is 0 Å². The van der Waals surface area contributed by atoms with Crippen molar-refractivity contribution in [3.05, 3.63) is 18.9 Å². The van der Waals surface area contributed by atoms with Gasteiger partial charge in [-0.25, -0.2) is 33.2 Å². The summed E-state index contributed by atoms with van der Waals surface area (Å²) in [6.07, 6.45) is -2.95. The van der Waals surface area contributed by atoms with Crippen molar-refractivity contribution in [2.45, 2.75) is 56.5 Å². The molecule has 0 amide bonds. The molecule has 26 heteroatoms. The Hall–Kier alpha value is -0.960. The molecule has 0 aromatic carbocycles. The van der Waals surface area contributed by atoms with Gasteiger partial charge in [0.15, 0.2) is 18.2 Å². The quantitative estimate of drug-likeness (QED) is 0.0519. The lowest BCUT2D eigenvalue weighted by molar-refractivity contribution is -0.188. The van der Waals surface area contributed by atoms with Gasteiger partial charge in [-0.05, 0) is 24.6 Å². The van der Waals surface area contributed by atoms with Gasteiger partial charge in [0.25, 0.3) is 0 Å². The summed E-state index contributed by atoms with van der Waals surface area (Å²) in [6.45, 7) is -0.202. The maximum Gasteiger partial charge on any atom is 0.490 e. The minimum atomic E-state index is -6.13. The number of nitrogens with zero attached hydrogens (tertiary/aromatic N) is 4. The zero-order valence-corrected chi connectivity index (χ0v) is 25.3. The van der Waals surface area contributed by atoms with Crippen LogP contribution in [-0.2, 0) is 45.2 Å². The predicted octanol–water partition coefficient (Wildman–Crippen LogP) is 0.809. The molecule has 3 rings (SSSR count). The van der Waals surface area contributed by atoms with E-state index in [1.165, 1.54) is 28.8 Å². The summed E-state index contributed by atoms with van der Waals surface area (Å²) in [7, 11) is -23.8. The van der Waals surface area contributed by atoms with Crippen molar-refractivity contribution in [1.82, 2.24) is 19.5 Å². The zero-order chi connectivity index (χ0) is 31.3. The number of aliphatic hydroxyl groups excluding tert-OH is 2. The van der Waals surface area contributed by atoms with E-state index in [0.717, 1.165) is 0 Å². The third-order valence-electron chi connectivity index (χ3n) is 5.16. The van der Waals surface area contributed by atoms with Crippen LogP contribution in [0.3, 0.4) is 0 Å². The Bertz CT molecular complexity index is 1420. The highest BCUT2D eigenvalue weighted by Gasteiger charge is 2.52. The molecule has 0 saturated carbocycles. The third-order valence-corrected chi connectivity index (χ3v) is 10.9. The summed E-state index contributed by atoms with van der Waals surface area (Å²) in [5.74, 6) is 0. The fourth-order valence-corrected chi connectivity index (χ4v) is 8.28. The Morgan fingerprint density at radius 1 is 0.952 bits per heavy atom. The average molecular weight is 702 g/mol. The number of ether oxygens (including phenoxy) is 2. The number of thiocarbonyl (C=S) groups is 1. The van der Waals surface area contributed by atoms with E-state index < -0.39 is 62.1 Å². The molecular weight excluding hydrogens is 676 g/mol. The van der Waals surface area contributed by atoms with E-state index in [9.17, 15) is 43.2 Å². The normalized spacial score (nSPS) is 26.4. The molecule has 42 heavy (non-hydrogen) atoms. The van der Waals surface area contributed by atoms with Crippen molar-refractivity contribution in [2.75, 3.05) is 6.61 Å². The topological polar surface area (TPSA) is 309 Å². The van der Waals surface area contributed by atoms with Gasteiger partial charge >= 0.3 is 31.3 Å². The molecule has 2 aromatic rings. The lowest BCUT2D eigenvalue weighted by Gasteiger charge is -2.27. The van der Waals surface area contributed by atoms with E-state index in [1.807, 2.05) is 0 Å². The smallest absolute Gasteiger partial charge is 0.387 e. The van der Waals surface area contributed by atoms with Crippen LogP contribution in [0.1, 0.15) is 31.9 Å². The number of aliphatic hydroxyl groups is 2. The number of hydrogen-bond donors (Lipinski definition) is 7. The summed E-state index contributed by atoms with van der Waals surface area (Å²) in [6, 6.07) is 0. The van der Waals surface area contributed by atoms with Crippen molar-refractivity contribution in [3.63, 3.8) is 0 Å². The Balaban J connectivity index is 1.79. The van der Waals surface area contributed by atoms with Crippen molar-refractivity contribution < 1.29 is 79.9 Å². The molecule has 1 aliphatic heterocycles. The molecule has 4 unspecified atom stereocenters. The molecule has 8 atom stereocenters. The second kappa shape index (κ2) is 14.4. The lowest BCUT2D eigenvalue weighted by atomic mass is 10.1. The van der Waals surface area contributed by atoms with E-state index in [4.69, 9.17) is 36.0 Å². The zero-order valence-electron chi connectivity index (χ0n) is 20.9. The lowest BCUT2D eigenvalue weighted by Crippen LogP contribution is -2.41. The van der Waals surface area contributed by atoms with Crippen LogP contribution >= 0.6 is 43.5 Å². The first kappa shape index (κ1) is 35.5. The Labute approximate surface area is 241 Å². The number of unbranched alkanes of at least 4 members (excludes halogenated alkanes) is 3. The molecule has 21 nitrogen and oxygen atoms in total. The van der Waals surface area contributed by atoms with E-state index in [1.54, 1.807) is 0 Å². The van der Waals surface area contributed by atoms with E-state index >= 15 is 0 Å². The molecule has 0 spiro atoms. The number of imidazole rings is 1. The molecule has 7 N–H and O–H groups in total. The number of aromatic nitrogens is 4.